The maximum Gasteiger partial charge on any atom is 0.346 e. The molecule has 1 aliphatic heterocycles. The van der Waals surface area contributed by atoms with Gasteiger partial charge in [0.25, 0.3) is 11.8 Å². The van der Waals surface area contributed by atoms with Crippen LogP contribution in [-0.4, -0.2) is 41.9 Å². The van der Waals surface area contributed by atoms with Gasteiger partial charge in [-0.05, 0) is 29.8 Å². The SMILES string of the molecule is COc1ccc(C2C(=O)N(C)C(=O)N2NC(=O)c2ccccc2)cc1. The summed E-state index contributed by atoms with van der Waals surface area (Å²) < 4.78 is 5.10. The zero-order valence-corrected chi connectivity index (χ0v) is 13.8. The van der Waals surface area contributed by atoms with Gasteiger partial charge in [0.1, 0.15) is 5.75 Å². The molecule has 1 atom stereocenters. The van der Waals surface area contributed by atoms with Gasteiger partial charge in [0, 0.05) is 12.6 Å². The van der Waals surface area contributed by atoms with Crippen molar-refractivity contribution in [3.8, 4) is 5.75 Å². The number of benzene rings is 2. The van der Waals surface area contributed by atoms with Gasteiger partial charge in [0.15, 0.2) is 6.04 Å². The Bertz CT molecular complexity index is 805. The second kappa shape index (κ2) is 6.64. The number of hydrazine groups is 1. The van der Waals surface area contributed by atoms with E-state index in [2.05, 4.69) is 5.43 Å². The third kappa shape index (κ3) is 3.03. The van der Waals surface area contributed by atoms with Gasteiger partial charge < -0.3 is 4.74 Å². The average molecular weight is 339 g/mol. The minimum atomic E-state index is -0.920. The lowest BCUT2D eigenvalue weighted by Gasteiger charge is -2.22. The summed E-state index contributed by atoms with van der Waals surface area (Å²) in [5, 5.41) is 1.06. The number of hydrogen-bond donors (Lipinski definition) is 1. The lowest BCUT2D eigenvalue weighted by Crippen LogP contribution is -2.45. The highest BCUT2D eigenvalue weighted by atomic mass is 16.5. The van der Waals surface area contributed by atoms with Crippen LogP contribution in [0.15, 0.2) is 54.6 Å². The Kier molecular flexibility index (Phi) is 4.38. The molecule has 0 bridgehead atoms. The van der Waals surface area contributed by atoms with E-state index in [9.17, 15) is 14.4 Å². The zero-order chi connectivity index (χ0) is 18.0. The van der Waals surface area contributed by atoms with Crippen LogP contribution in [0.2, 0.25) is 0 Å². The van der Waals surface area contributed by atoms with Gasteiger partial charge in [0.2, 0.25) is 0 Å². The number of carbonyl (C=O) groups excluding carboxylic acids is 3. The van der Waals surface area contributed by atoms with Crippen molar-refractivity contribution in [3.63, 3.8) is 0 Å². The topological polar surface area (TPSA) is 79.0 Å². The summed E-state index contributed by atoms with van der Waals surface area (Å²) in [5.74, 6) is -0.243. The van der Waals surface area contributed by atoms with Crippen molar-refractivity contribution < 1.29 is 19.1 Å². The van der Waals surface area contributed by atoms with Gasteiger partial charge in [-0.1, -0.05) is 30.3 Å². The summed E-state index contributed by atoms with van der Waals surface area (Å²) in [7, 11) is 2.93. The Hall–Kier alpha value is -3.35. The highest BCUT2D eigenvalue weighted by molar-refractivity contribution is 6.06. The van der Waals surface area contributed by atoms with Gasteiger partial charge >= 0.3 is 6.03 Å². The molecule has 0 spiro atoms. The van der Waals surface area contributed by atoms with E-state index in [0.29, 0.717) is 16.9 Å². The fourth-order valence-electron chi connectivity index (χ4n) is 2.61. The molecule has 0 saturated carbocycles. The van der Waals surface area contributed by atoms with Gasteiger partial charge in [-0.15, -0.1) is 0 Å². The molecule has 1 aliphatic rings. The van der Waals surface area contributed by atoms with Crippen LogP contribution in [0.3, 0.4) is 0 Å². The predicted octanol–water partition coefficient (Wildman–Crippen LogP) is 1.98. The summed E-state index contributed by atoms with van der Waals surface area (Å²) in [6, 6.07) is 13.8. The van der Waals surface area contributed by atoms with Gasteiger partial charge in [-0.25, -0.2) is 9.80 Å². The van der Waals surface area contributed by atoms with Crippen LogP contribution < -0.4 is 10.2 Å². The molecule has 4 amide bonds. The number of methoxy groups -OCH3 is 1. The summed E-state index contributed by atoms with van der Waals surface area (Å²) in [6.07, 6.45) is 0. The average Bonchev–Trinajstić information content (AvgIpc) is 2.86. The standard InChI is InChI=1S/C18H17N3O4/c1-20-17(23)15(12-8-10-14(25-2)11-9-12)21(18(20)24)19-16(22)13-6-4-3-5-7-13/h3-11,15H,1-2H3,(H,19,22). The number of nitrogens with zero attached hydrogens (tertiary/aromatic N) is 2. The van der Waals surface area contributed by atoms with E-state index in [1.807, 2.05) is 0 Å². The molecule has 0 aliphatic carbocycles. The molecule has 7 heteroatoms. The Balaban J connectivity index is 1.89. The Labute approximate surface area is 144 Å². The molecule has 0 radical (unpaired) electrons. The van der Waals surface area contributed by atoms with Crippen molar-refractivity contribution in [1.29, 1.82) is 0 Å². The first-order valence-electron chi connectivity index (χ1n) is 7.63. The number of ether oxygens (including phenoxy) is 1. The number of hydrogen-bond acceptors (Lipinski definition) is 4. The van der Waals surface area contributed by atoms with E-state index in [0.717, 1.165) is 9.91 Å². The highest BCUT2D eigenvalue weighted by Gasteiger charge is 2.45. The molecule has 3 rings (SSSR count). The van der Waals surface area contributed by atoms with Crippen LogP contribution in [0.25, 0.3) is 0 Å². The van der Waals surface area contributed by atoms with Gasteiger partial charge in [0.05, 0.1) is 7.11 Å². The van der Waals surface area contributed by atoms with Crippen LogP contribution in [0.4, 0.5) is 4.79 Å². The van der Waals surface area contributed by atoms with E-state index in [1.165, 1.54) is 7.05 Å². The Morgan fingerprint density at radius 1 is 1.04 bits per heavy atom. The third-order valence-electron chi connectivity index (χ3n) is 4.01. The smallest absolute Gasteiger partial charge is 0.346 e. The number of urea groups is 1. The number of likely N-dealkylation sites (N-methyl/N-ethyl adjacent to an activating group) is 1. The van der Waals surface area contributed by atoms with Crippen LogP contribution in [-0.2, 0) is 4.79 Å². The number of amides is 4. The molecule has 2 aromatic rings. The van der Waals surface area contributed by atoms with Crippen LogP contribution in [0.5, 0.6) is 5.75 Å². The zero-order valence-electron chi connectivity index (χ0n) is 13.8. The molecule has 128 valence electrons. The van der Waals surface area contributed by atoms with Crippen molar-refractivity contribution in [3.05, 3.63) is 65.7 Å². The van der Waals surface area contributed by atoms with Crippen molar-refractivity contribution >= 4 is 17.8 Å². The molecular weight excluding hydrogens is 322 g/mol. The molecule has 1 unspecified atom stereocenters. The number of carbonyl (C=O) groups is 3. The summed E-state index contributed by atoms with van der Waals surface area (Å²) in [6.45, 7) is 0. The van der Waals surface area contributed by atoms with E-state index < -0.39 is 23.9 Å². The van der Waals surface area contributed by atoms with Gasteiger partial charge in [-0.2, -0.15) is 0 Å². The summed E-state index contributed by atoms with van der Waals surface area (Å²) in [5.41, 5.74) is 3.51. The molecule has 1 fully saturated rings. The largest absolute Gasteiger partial charge is 0.497 e. The maximum atomic E-state index is 12.5. The summed E-state index contributed by atoms with van der Waals surface area (Å²) in [4.78, 5) is 38.2. The van der Waals surface area contributed by atoms with E-state index >= 15 is 0 Å². The third-order valence-corrected chi connectivity index (χ3v) is 4.01. The van der Waals surface area contributed by atoms with Crippen LogP contribution in [0.1, 0.15) is 22.0 Å². The van der Waals surface area contributed by atoms with Crippen LogP contribution in [0, 0.1) is 0 Å². The fraction of sp³-hybridized carbons (Fsp3) is 0.167. The molecule has 1 heterocycles. The van der Waals surface area contributed by atoms with Crippen molar-refractivity contribution in [2.75, 3.05) is 14.2 Å². The van der Waals surface area contributed by atoms with Crippen molar-refractivity contribution in [2.24, 2.45) is 0 Å². The molecule has 1 N–H and O–H groups in total. The minimum absolute atomic E-state index is 0.394. The number of nitrogens with one attached hydrogen (secondary N) is 1. The van der Waals surface area contributed by atoms with Crippen molar-refractivity contribution in [1.82, 2.24) is 15.3 Å². The monoisotopic (exact) mass is 339 g/mol. The van der Waals surface area contributed by atoms with Crippen LogP contribution >= 0.6 is 0 Å². The van der Waals surface area contributed by atoms with Gasteiger partial charge in [-0.3, -0.25) is 19.9 Å². The lowest BCUT2D eigenvalue weighted by atomic mass is 10.1. The summed E-state index contributed by atoms with van der Waals surface area (Å²) >= 11 is 0. The second-order valence-corrected chi connectivity index (χ2v) is 5.53. The van der Waals surface area contributed by atoms with E-state index in [1.54, 1.807) is 61.7 Å². The lowest BCUT2D eigenvalue weighted by molar-refractivity contribution is -0.127. The van der Waals surface area contributed by atoms with E-state index in [-0.39, 0.29) is 0 Å². The Morgan fingerprint density at radius 2 is 1.68 bits per heavy atom. The molecule has 0 aromatic heterocycles. The molecular formula is C18H17N3O4. The molecule has 7 nitrogen and oxygen atoms in total. The second-order valence-electron chi connectivity index (χ2n) is 5.53. The molecule has 25 heavy (non-hydrogen) atoms. The quantitative estimate of drug-likeness (QED) is 0.864. The first-order valence-corrected chi connectivity index (χ1v) is 7.63. The predicted molar refractivity (Wildman–Crippen MR) is 89.6 cm³/mol. The highest BCUT2D eigenvalue weighted by Crippen LogP contribution is 2.29. The Morgan fingerprint density at radius 3 is 2.28 bits per heavy atom. The fourth-order valence-corrected chi connectivity index (χ4v) is 2.61. The number of imide groups is 1. The maximum absolute atomic E-state index is 12.5. The first kappa shape index (κ1) is 16.5. The van der Waals surface area contributed by atoms with E-state index in [4.69, 9.17) is 4.74 Å². The first-order chi connectivity index (χ1) is 12.0. The number of rotatable bonds is 4. The van der Waals surface area contributed by atoms with Crippen molar-refractivity contribution in [2.45, 2.75) is 6.04 Å². The molecule has 2 aromatic carbocycles. The minimum Gasteiger partial charge on any atom is -0.497 e. The molecule has 1 saturated heterocycles. The normalized spacial score (nSPS) is 17.0.